The molecule has 0 radical (unpaired) electrons. The molecule has 0 bridgehead atoms. The van der Waals surface area contributed by atoms with E-state index in [1.165, 1.54) is 11.9 Å². The van der Waals surface area contributed by atoms with Crippen LogP contribution in [0.2, 0.25) is 0 Å². The number of ether oxygens (including phenoxy) is 1. The van der Waals surface area contributed by atoms with Gasteiger partial charge in [0.1, 0.15) is 12.1 Å². The third-order valence-corrected chi connectivity index (χ3v) is 4.21. The molecule has 112 valence electrons. The van der Waals surface area contributed by atoms with Crippen LogP contribution >= 0.6 is 0 Å². The maximum absolute atomic E-state index is 5.58. The van der Waals surface area contributed by atoms with E-state index in [2.05, 4.69) is 43.6 Å². The van der Waals surface area contributed by atoms with E-state index in [1.807, 2.05) is 18.2 Å². The highest BCUT2D eigenvalue weighted by molar-refractivity contribution is 5.95. The molecule has 0 fully saturated rings. The average molecular weight is 303 g/mol. The van der Waals surface area contributed by atoms with Gasteiger partial charge in [-0.15, -0.1) is 0 Å². The van der Waals surface area contributed by atoms with Gasteiger partial charge < -0.3 is 4.74 Å². The Bertz CT molecular complexity index is 1000. The summed E-state index contributed by atoms with van der Waals surface area (Å²) in [6, 6.07) is 12.3. The lowest BCUT2D eigenvalue weighted by Crippen LogP contribution is -1.85. The van der Waals surface area contributed by atoms with Crippen LogP contribution < -0.4 is 4.74 Å². The molecule has 2 aromatic carbocycles. The van der Waals surface area contributed by atoms with Crippen LogP contribution in [-0.2, 0) is 6.42 Å². The van der Waals surface area contributed by atoms with Gasteiger partial charge in [-0.25, -0.2) is 4.98 Å². The molecule has 23 heavy (non-hydrogen) atoms. The van der Waals surface area contributed by atoms with Crippen LogP contribution in [0.15, 0.2) is 42.7 Å². The molecule has 0 unspecified atom stereocenters. The largest absolute Gasteiger partial charge is 0.493 e. The van der Waals surface area contributed by atoms with Crippen molar-refractivity contribution in [1.29, 1.82) is 0 Å². The number of aromatic nitrogens is 5. The highest BCUT2D eigenvalue weighted by atomic mass is 16.5. The number of nitrogens with zero attached hydrogens (tertiary/aromatic N) is 3. The van der Waals surface area contributed by atoms with Crippen molar-refractivity contribution in [3.8, 4) is 28.4 Å². The van der Waals surface area contributed by atoms with Crippen LogP contribution in [0.3, 0.4) is 0 Å². The molecule has 2 N–H and O–H groups in total. The van der Waals surface area contributed by atoms with E-state index in [1.54, 1.807) is 0 Å². The normalized spacial score (nSPS) is 13.2. The number of H-pyrrole nitrogens is 2. The first-order valence-electron chi connectivity index (χ1n) is 7.48. The van der Waals surface area contributed by atoms with Gasteiger partial charge in [-0.05, 0) is 42.0 Å². The number of fused-ring (bicyclic) bond motifs is 2. The van der Waals surface area contributed by atoms with Crippen molar-refractivity contribution in [2.45, 2.75) is 6.42 Å². The molecule has 2 aromatic heterocycles. The average Bonchev–Trinajstić information content (AvgIpc) is 3.32. The van der Waals surface area contributed by atoms with Crippen LogP contribution in [0.4, 0.5) is 0 Å². The minimum Gasteiger partial charge on any atom is -0.493 e. The zero-order valence-corrected chi connectivity index (χ0v) is 12.2. The molecular weight excluding hydrogens is 290 g/mol. The molecule has 0 atom stereocenters. The smallest absolute Gasteiger partial charge is 0.155 e. The van der Waals surface area contributed by atoms with E-state index in [0.29, 0.717) is 0 Å². The second-order valence-corrected chi connectivity index (χ2v) is 5.59. The summed E-state index contributed by atoms with van der Waals surface area (Å²) in [5, 5.41) is 15.5. The zero-order chi connectivity index (χ0) is 15.2. The van der Waals surface area contributed by atoms with Crippen molar-refractivity contribution < 1.29 is 4.74 Å². The molecule has 3 heterocycles. The monoisotopic (exact) mass is 303 g/mol. The van der Waals surface area contributed by atoms with Gasteiger partial charge in [-0.1, -0.05) is 0 Å². The highest BCUT2D eigenvalue weighted by Crippen LogP contribution is 2.33. The summed E-state index contributed by atoms with van der Waals surface area (Å²) < 4.78 is 5.58. The Morgan fingerprint density at radius 3 is 2.87 bits per heavy atom. The molecule has 0 aliphatic carbocycles. The third kappa shape index (κ3) is 1.92. The first-order valence-corrected chi connectivity index (χ1v) is 7.48. The number of aromatic amines is 2. The number of benzene rings is 2. The van der Waals surface area contributed by atoms with Crippen molar-refractivity contribution in [2.75, 3.05) is 6.61 Å². The van der Waals surface area contributed by atoms with Gasteiger partial charge in [-0.2, -0.15) is 10.2 Å². The zero-order valence-electron chi connectivity index (χ0n) is 12.2. The fourth-order valence-corrected chi connectivity index (χ4v) is 3.06. The Morgan fingerprint density at radius 2 is 1.96 bits per heavy atom. The molecule has 5 rings (SSSR count). The Balaban J connectivity index is 1.68. The van der Waals surface area contributed by atoms with Crippen molar-refractivity contribution in [3.63, 3.8) is 0 Å². The number of nitrogens with one attached hydrogen (secondary N) is 2. The minimum absolute atomic E-state index is 0.751. The molecule has 1 aliphatic heterocycles. The van der Waals surface area contributed by atoms with Gasteiger partial charge in [0.25, 0.3) is 0 Å². The lowest BCUT2D eigenvalue weighted by atomic mass is 10.0. The quantitative estimate of drug-likeness (QED) is 0.596. The van der Waals surface area contributed by atoms with Crippen LogP contribution in [0.1, 0.15) is 5.56 Å². The summed E-state index contributed by atoms with van der Waals surface area (Å²) in [4.78, 5) is 4.21. The summed E-state index contributed by atoms with van der Waals surface area (Å²) in [5.74, 6) is 1.73. The Morgan fingerprint density at radius 1 is 1.00 bits per heavy atom. The topological polar surface area (TPSA) is 79.5 Å². The second kappa shape index (κ2) is 4.67. The minimum atomic E-state index is 0.751. The Labute approximate surface area is 131 Å². The van der Waals surface area contributed by atoms with Crippen LogP contribution in [0.5, 0.6) is 5.75 Å². The molecule has 0 saturated heterocycles. The van der Waals surface area contributed by atoms with Crippen molar-refractivity contribution in [3.05, 3.63) is 48.3 Å². The van der Waals surface area contributed by atoms with Crippen molar-refractivity contribution in [2.24, 2.45) is 0 Å². The SMILES string of the molecule is c1n[nH]c(-c2ccc3[nH]nc(-c4ccc5c(c4)CCO5)c3c2)n1. The molecular formula is C17H13N5O. The van der Waals surface area contributed by atoms with Crippen molar-refractivity contribution >= 4 is 10.9 Å². The number of hydrogen-bond acceptors (Lipinski definition) is 4. The second-order valence-electron chi connectivity index (χ2n) is 5.59. The Hall–Kier alpha value is -3.15. The molecule has 0 amide bonds. The lowest BCUT2D eigenvalue weighted by Gasteiger charge is -2.03. The van der Waals surface area contributed by atoms with Gasteiger partial charge in [0.05, 0.1) is 17.8 Å². The van der Waals surface area contributed by atoms with Crippen LogP contribution in [0, 0.1) is 0 Å². The Kier molecular flexibility index (Phi) is 2.52. The first-order chi connectivity index (χ1) is 11.4. The maximum atomic E-state index is 5.58. The van der Waals surface area contributed by atoms with Gasteiger partial charge in [0, 0.05) is 22.9 Å². The predicted molar refractivity (Wildman–Crippen MR) is 86.1 cm³/mol. The molecule has 6 nitrogen and oxygen atoms in total. The number of rotatable bonds is 2. The lowest BCUT2D eigenvalue weighted by molar-refractivity contribution is 0.357. The van der Waals surface area contributed by atoms with E-state index in [0.717, 1.165) is 52.3 Å². The molecule has 6 heteroatoms. The molecule has 4 aromatic rings. The van der Waals surface area contributed by atoms with Gasteiger partial charge in [0.15, 0.2) is 5.82 Å². The summed E-state index contributed by atoms with van der Waals surface area (Å²) in [5.41, 5.74) is 5.26. The molecule has 1 aliphatic rings. The van der Waals surface area contributed by atoms with E-state index in [4.69, 9.17) is 4.74 Å². The molecule has 0 saturated carbocycles. The van der Waals surface area contributed by atoms with Crippen LogP contribution in [0.25, 0.3) is 33.5 Å². The summed E-state index contributed by atoms with van der Waals surface area (Å²) >= 11 is 0. The third-order valence-electron chi connectivity index (χ3n) is 4.21. The first kappa shape index (κ1) is 12.4. The van der Waals surface area contributed by atoms with Gasteiger partial charge in [-0.3, -0.25) is 10.2 Å². The fourth-order valence-electron chi connectivity index (χ4n) is 3.06. The van der Waals surface area contributed by atoms with E-state index in [-0.39, 0.29) is 0 Å². The summed E-state index contributed by atoms with van der Waals surface area (Å²) in [6.45, 7) is 0.760. The predicted octanol–water partition coefficient (Wildman–Crippen LogP) is 2.95. The summed E-state index contributed by atoms with van der Waals surface area (Å²) in [7, 11) is 0. The van der Waals surface area contributed by atoms with Gasteiger partial charge >= 0.3 is 0 Å². The van der Waals surface area contributed by atoms with E-state index < -0.39 is 0 Å². The highest BCUT2D eigenvalue weighted by Gasteiger charge is 2.16. The maximum Gasteiger partial charge on any atom is 0.155 e. The van der Waals surface area contributed by atoms with Gasteiger partial charge in [0.2, 0.25) is 0 Å². The van der Waals surface area contributed by atoms with Crippen LogP contribution in [-0.4, -0.2) is 32.0 Å². The molecule has 0 spiro atoms. The summed E-state index contributed by atoms with van der Waals surface area (Å²) in [6.07, 6.45) is 2.46. The van der Waals surface area contributed by atoms with Crippen molar-refractivity contribution in [1.82, 2.24) is 25.4 Å². The fraction of sp³-hybridized carbons (Fsp3) is 0.118. The standard InChI is InChI=1S/C17H13N5O/c1-3-14-13(8-12(1)17-18-9-19-22-17)16(21-20-14)11-2-4-15-10(7-11)5-6-23-15/h1-4,7-9H,5-6H2,(H,20,21)(H,18,19,22). The van der Waals surface area contributed by atoms with E-state index in [9.17, 15) is 0 Å². The number of hydrogen-bond donors (Lipinski definition) is 2. The van der Waals surface area contributed by atoms with E-state index >= 15 is 0 Å².